The zero-order valence-electron chi connectivity index (χ0n) is 11.5. The first-order valence-electron chi connectivity index (χ1n) is 6.50. The molecule has 0 amide bonds. The van der Waals surface area contributed by atoms with Crippen molar-refractivity contribution in [2.75, 3.05) is 0 Å². The van der Waals surface area contributed by atoms with Crippen molar-refractivity contribution >= 4 is 11.6 Å². The zero-order valence-corrected chi connectivity index (χ0v) is 11.5. The molecule has 110 valence electrons. The summed E-state index contributed by atoms with van der Waals surface area (Å²) in [5.41, 5.74) is 5.60. The van der Waals surface area contributed by atoms with Gasteiger partial charge in [0, 0.05) is 5.56 Å². The number of carbonyl (C=O) groups excluding carboxylic acids is 1. The molecule has 0 atom stereocenters. The van der Waals surface area contributed by atoms with Gasteiger partial charge in [0.05, 0.1) is 11.9 Å². The van der Waals surface area contributed by atoms with E-state index in [1.807, 2.05) is 0 Å². The average molecular weight is 295 g/mol. The van der Waals surface area contributed by atoms with E-state index in [0.717, 1.165) is 0 Å². The molecule has 1 aliphatic rings. The van der Waals surface area contributed by atoms with Gasteiger partial charge in [0.25, 0.3) is 0 Å². The normalized spacial score (nSPS) is 16.0. The van der Waals surface area contributed by atoms with Gasteiger partial charge in [0.15, 0.2) is 5.78 Å². The Morgan fingerprint density at radius 1 is 1.23 bits per heavy atom. The number of benzene rings is 1. The van der Waals surface area contributed by atoms with Gasteiger partial charge in [0.1, 0.15) is 17.1 Å². The van der Waals surface area contributed by atoms with E-state index in [9.17, 15) is 9.90 Å². The summed E-state index contributed by atoms with van der Waals surface area (Å²) >= 11 is 0. The second-order valence-corrected chi connectivity index (χ2v) is 4.90. The van der Waals surface area contributed by atoms with E-state index >= 15 is 0 Å². The topological polar surface area (TPSA) is 118 Å². The van der Waals surface area contributed by atoms with Crippen molar-refractivity contribution in [1.82, 2.24) is 15.0 Å². The summed E-state index contributed by atoms with van der Waals surface area (Å²) in [7, 11) is 0. The number of carbonyl (C=O) groups is 1. The van der Waals surface area contributed by atoms with Crippen molar-refractivity contribution in [2.45, 2.75) is 5.60 Å². The SMILES string of the molecule is N=C(N)c1ccc(-n2cc(C3(O)C=CC(=O)C=C3)nn2)cc1. The fraction of sp³-hybridized carbons (Fsp3) is 0.0667. The number of nitrogen functional groups attached to an aromatic ring is 1. The smallest absolute Gasteiger partial charge is 0.178 e. The number of aromatic nitrogens is 3. The predicted octanol–water partition coefficient (Wildman–Crippen LogP) is 0.434. The van der Waals surface area contributed by atoms with Gasteiger partial charge in [-0.05, 0) is 48.6 Å². The van der Waals surface area contributed by atoms with Gasteiger partial charge in [-0.3, -0.25) is 10.2 Å². The molecule has 0 saturated heterocycles. The van der Waals surface area contributed by atoms with Crippen LogP contribution in [0.2, 0.25) is 0 Å². The second-order valence-electron chi connectivity index (χ2n) is 4.90. The third-order valence-corrected chi connectivity index (χ3v) is 3.35. The molecule has 7 nitrogen and oxygen atoms in total. The molecule has 1 heterocycles. The van der Waals surface area contributed by atoms with Crippen molar-refractivity contribution in [3.63, 3.8) is 0 Å². The zero-order chi connectivity index (χ0) is 15.7. The minimum absolute atomic E-state index is 0.0118. The maximum absolute atomic E-state index is 11.1. The highest BCUT2D eigenvalue weighted by molar-refractivity contribution is 6.00. The molecule has 0 bridgehead atoms. The first-order chi connectivity index (χ1) is 10.5. The number of hydrogen-bond acceptors (Lipinski definition) is 5. The van der Waals surface area contributed by atoms with Gasteiger partial charge in [-0.2, -0.15) is 0 Å². The Morgan fingerprint density at radius 2 is 1.86 bits per heavy atom. The highest BCUT2D eigenvalue weighted by Gasteiger charge is 2.29. The lowest BCUT2D eigenvalue weighted by atomic mass is 9.95. The summed E-state index contributed by atoms with van der Waals surface area (Å²) in [6.07, 6.45) is 6.92. The number of ketones is 1. The van der Waals surface area contributed by atoms with E-state index in [4.69, 9.17) is 11.1 Å². The molecule has 0 radical (unpaired) electrons. The van der Waals surface area contributed by atoms with Crippen molar-refractivity contribution in [3.05, 3.63) is 66.0 Å². The standard InChI is InChI=1S/C15H13N5O2/c16-14(17)10-1-3-11(4-2-10)20-9-13(18-19-20)15(22)7-5-12(21)6-8-15/h1-9,22H,(H3,16,17). The molecule has 0 fully saturated rings. The molecule has 0 saturated carbocycles. The Kier molecular flexibility index (Phi) is 3.19. The summed E-state index contributed by atoms with van der Waals surface area (Å²) < 4.78 is 1.50. The van der Waals surface area contributed by atoms with E-state index in [0.29, 0.717) is 16.9 Å². The summed E-state index contributed by atoms with van der Waals surface area (Å²) in [5, 5.41) is 25.7. The molecule has 0 aliphatic heterocycles. The van der Waals surface area contributed by atoms with Crippen molar-refractivity contribution < 1.29 is 9.90 Å². The van der Waals surface area contributed by atoms with Gasteiger partial charge < -0.3 is 10.8 Å². The maximum atomic E-state index is 11.1. The minimum Gasteiger partial charge on any atom is -0.384 e. The fourth-order valence-corrected chi connectivity index (χ4v) is 2.07. The minimum atomic E-state index is -1.44. The van der Waals surface area contributed by atoms with Crippen molar-refractivity contribution in [2.24, 2.45) is 5.73 Å². The molecule has 3 rings (SSSR count). The van der Waals surface area contributed by atoms with Gasteiger partial charge in [-0.1, -0.05) is 5.21 Å². The van der Waals surface area contributed by atoms with Crippen LogP contribution in [0.25, 0.3) is 5.69 Å². The molecule has 22 heavy (non-hydrogen) atoms. The monoisotopic (exact) mass is 295 g/mol. The lowest BCUT2D eigenvalue weighted by Crippen LogP contribution is -2.23. The van der Waals surface area contributed by atoms with Crippen LogP contribution in [0.15, 0.2) is 54.8 Å². The van der Waals surface area contributed by atoms with Gasteiger partial charge in [-0.25, -0.2) is 4.68 Å². The van der Waals surface area contributed by atoms with Gasteiger partial charge in [-0.15, -0.1) is 5.10 Å². The van der Waals surface area contributed by atoms with Crippen molar-refractivity contribution in [3.8, 4) is 5.69 Å². The molecule has 2 aromatic rings. The van der Waals surface area contributed by atoms with Gasteiger partial charge >= 0.3 is 0 Å². The molecular formula is C15H13N5O2. The van der Waals surface area contributed by atoms with E-state index in [-0.39, 0.29) is 11.6 Å². The number of rotatable bonds is 3. The van der Waals surface area contributed by atoms with Crippen LogP contribution in [-0.4, -0.2) is 31.7 Å². The molecule has 1 aromatic carbocycles. The Labute approximate surface area is 125 Å². The van der Waals surface area contributed by atoms with Crippen LogP contribution in [0, 0.1) is 5.41 Å². The second kappa shape index (κ2) is 5.05. The first-order valence-corrected chi connectivity index (χ1v) is 6.50. The molecule has 7 heteroatoms. The van der Waals surface area contributed by atoms with Crippen LogP contribution in [0.1, 0.15) is 11.3 Å². The lowest BCUT2D eigenvalue weighted by Gasteiger charge is -2.18. The van der Waals surface area contributed by atoms with E-state index < -0.39 is 5.60 Å². The van der Waals surface area contributed by atoms with E-state index in [1.54, 1.807) is 30.5 Å². The Hall–Kier alpha value is -3.06. The van der Waals surface area contributed by atoms with E-state index in [2.05, 4.69) is 10.3 Å². The Bertz CT molecular complexity index is 786. The van der Waals surface area contributed by atoms with Crippen LogP contribution in [-0.2, 0) is 10.4 Å². The highest BCUT2D eigenvalue weighted by atomic mass is 16.3. The summed E-state index contributed by atoms with van der Waals surface area (Å²) in [5.74, 6) is -0.195. The lowest BCUT2D eigenvalue weighted by molar-refractivity contribution is -0.110. The highest BCUT2D eigenvalue weighted by Crippen LogP contribution is 2.25. The third kappa shape index (κ3) is 2.45. The number of hydrogen-bond donors (Lipinski definition) is 3. The quantitative estimate of drug-likeness (QED) is 0.560. The predicted molar refractivity (Wildman–Crippen MR) is 79.6 cm³/mol. The number of nitrogens with two attached hydrogens (primary N) is 1. The van der Waals surface area contributed by atoms with Gasteiger partial charge in [0.2, 0.25) is 0 Å². The summed E-state index contributed by atoms with van der Waals surface area (Å²) in [4.78, 5) is 11.1. The Morgan fingerprint density at radius 3 is 2.45 bits per heavy atom. The first kappa shape index (κ1) is 13.9. The number of amidine groups is 1. The van der Waals surface area contributed by atoms with Crippen molar-refractivity contribution in [1.29, 1.82) is 5.41 Å². The number of nitrogens with one attached hydrogen (secondary N) is 1. The number of nitrogens with zero attached hydrogens (tertiary/aromatic N) is 3. The maximum Gasteiger partial charge on any atom is 0.178 e. The largest absolute Gasteiger partial charge is 0.384 e. The molecule has 4 N–H and O–H groups in total. The average Bonchev–Trinajstić information content (AvgIpc) is 3.01. The molecular weight excluding hydrogens is 282 g/mol. The third-order valence-electron chi connectivity index (χ3n) is 3.35. The summed E-state index contributed by atoms with van der Waals surface area (Å²) in [6, 6.07) is 6.89. The van der Waals surface area contributed by atoms with E-state index in [1.165, 1.54) is 29.0 Å². The molecule has 0 unspecified atom stereocenters. The Balaban J connectivity index is 1.91. The fourth-order valence-electron chi connectivity index (χ4n) is 2.07. The van der Waals surface area contributed by atoms with Crippen LogP contribution in [0.3, 0.4) is 0 Å². The van der Waals surface area contributed by atoms with Crippen LogP contribution in [0.5, 0.6) is 0 Å². The number of aliphatic hydroxyl groups is 1. The molecule has 1 aromatic heterocycles. The summed E-state index contributed by atoms with van der Waals surface area (Å²) in [6.45, 7) is 0. The van der Waals surface area contributed by atoms with Crippen LogP contribution in [0.4, 0.5) is 0 Å². The molecule has 1 aliphatic carbocycles. The number of allylic oxidation sites excluding steroid dienone is 2. The molecule has 0 spiro atoms. The van der Waals surface area contributed by atoms with Crippen LogP contribution < -0.4 is 5.73 Å². The van der Waals surface area contributed by atoms with Crippen LogP contribution >= 0.6 is 0 Å².